The Morgan fingerprint density at radius 3 is 2.28 bits per heavy atom. The lowest BCUT2D eigenvalue weighted by Crippen LogP contribution is -2.41. The quantitative estimate of drug-likeness (QED) is 0.736. The molecule has 1 unspecified atom stereocenters. The van der Waals surface area contributed by atoms with Crippen LogP contribution in [0.1, 0.15) is 11.1 Å². The number of halogens is 2. The van der Waals surface area contributed by atoms with Crippen LogP contribution in [0.4, 0.5) is 0 Å². The molecule has 0 fully saturated rings. The third kappa shape index (κ3) is 6.60. The van der Waals surface area contributed by atoms with Crippen molar-refractivity contribution in [3.63, 3.8) is 0 Å². The summed E-state index contributed by atoms with van der Waals surface area (Å²) >= 11 is 11.8. The summed E-state index contributed by atoms with van der Waals surface area (Å²) in [5.41, 5.74) is 1.77. The van der Waals surface area contributed by atoms with Crippen LogP contribution in [0.25, 0.3) is 0 Å². The van der Waals surface area contributed by atoms with Crippen LogP contribution >= 0.6 is 23.2 Å². The van der Waals surface area contributed by atoms with Gasteiger partial charge in [-0.15, -0.1) is 0 Å². The second-order valence-corrected chi connectivity index (χ2v) is 8.78. The summed E-state index contributed by atoms with van der Waals surface area (Å²) in [6, 6.07) is 14.9. The van der Waals surface area contributed by atoms with Gasteiger partial charge in [-0.1, -0.05) is 59.6 Å². The molecule has 0 aromatic heterocycles. The number of sulfonamides is 1. The van der Waals surface area contributed by atoms with Crippen molar-refractivity contribution in [2.75, 3.05) is 20.6 Å². The van der Waals surface area contributed by atoms with Gasteiger partial charge in [0.25, 0.3) is 0 Å². The summed E-state index contributed by atoms with van der Waals surface area (Å²) in [5, 5.41) is 0.760. The van der Waals surface area contributed by atoms with E-state index < -0.39 is 10.0 Å². The van der Waals surface area contributed by atoms with Gasteiger partial charge in [0.05, 0.1) is 15.8 Å². The third-order valence-corrected chi connectivity index (χ3v) is 5.98. The molecule has 0 saturated carbocycles. The van der Waals surface area contributed by atoms with Gasteiger partial charge in [0, 0.05) is 12.6 Å². The number of likely N-dealkylation sites (N-methyl/N-ethyl adjacent to an activating group) is 1. The SMILES string of the molecule is CN(C)C(CNS(=O)(=O)Cc1ccc(Cl)c(Cl)c1)Cc1ccccc1. The first-order valence-corrected chi connectivity index (χ1v) is 10.3. The average molecular weight is 401 g/mol. The first kappa shape index (κ1) is 20.2. The Hall–Kier alpha value is -1.11. The first-order valence-electron chi connectivity index (χ1n) is 7.88. The molecule has 0 bridgehead atoms. The molecule has 2 aromatic rings. The fourth-order valence-electron chi connectivity index (χ4n) is 2.45. The number of nitrogens with zero attached hydrogens (tertiary/aromatic N) is 1. The van der Waals surface area contributed by atoms with E-state index in [1.165, 1.54) is 5.56 Å². The van der Waals surface area contributed by atoms with Crippen LogP contribution in [-0.2, 0) is 22.2 Å². The molecule has 25 heavy (non-hydrogen) atoms. The van der Waals surface area contributed by atoms with E-state index in [2.05, 4.69) is 4.72 Å². The summed E-state index contributed by atoms with van der Waals surface area (Å²) in [6.45, 7) is 0.339. The smallest absolute Gasteiger partial charge is 0.215 e. The Morgan fingerprint density at radius 2 is 1.68 bits per heavy atom. The largest absolute Gasteiger partial charge is 0.305 e. The molecule has 0 aliphatic heterocycles. The zero-order valence-electron chi connectivity index (χ0n) is 14.2. The molecule has 0 spiro atoms. The van der Waals surface area contributed by atoms with Crippen LogP contribution in [0.5, 0.6) is 0 Å². The van der Waals surface area contributed by atoms with Gasteiger partial charge in [-0.25, -0.2) is 13.1 Å². The molecule has 2 aromatic carbocycles. The van der Waals surface area contributed by atoms with E-state index in [0.29, 0.717) is 22.2 Å². The Kier molecular flexibility index (Phi) is 7.28. The number of benzene rings is 2. The minimum Gasteiger partial charge on any atom is -0.305 e. The van der Waals surface area contributed by atoms with Gasteiger partial charge < -0.3 is 4.90 Å². The molecule has 0 aliphatic rings. The highest BCUT2D eigenvalue weighted by Gasteiger charge is 2.18. The maximum Gasteiger partial charge on any atom is 0.215 e. The van der Waals surface area contributed by atoms with Crippen molar-refractivity contribution < 1.29 is 8.42 Å². The second-order valence-electron chi connectivity index (χ2n) is 6.16. The van der Waals surface area contributed by atoms with Crippen LogP contribution < -0.4 is 4.72 Å². The second kappa shape index (κ2) is 9.01. The van der Waals surface area contributed by atoms with Gasteiger partial charge in [0.15, 0.2) is 0 Å². The monoisotopic (exact) mass is 400 g/mol. The van der Waals surface area contributed by atoms with Crippen molar-refractivity contribution in [1.29, 1.82) is 0 Å². The molecule has 0 heterocycles. The van der Waals surface area contributed by atoms with Gasteiger partial charge in [-0.05, 0) is 43.8 Å². The molecular weight excluding hydrogens is 379 g/mol. The van der Waals surface area contributed by atoms with E-state index >= 15 is 0 Å². The topological polar surface area (TPSA) is 49.4 Å². The lowest BCUT2D eigenvalue weighted by molar-refractivity contribution is 0.291. The van der Waals surface area contributed by atoms with Crippen LogP contribution in [0.3, 0.4) is 0 Å². The fourth-order valence-corrected chi connectivity index (χ4v) is 3.93. The third-order valence-electron chi connectivity index (χ3n) is 3.92. The molecule has 1 N–H and O–H groups in total. The van der Waals surface area contributed by atoms with Gasteiger partial charge in [0.1, 0.15) is 0 Å². The van der Waals surface area contributed by atoms with Gasteiger partial charge >= 0.3 is 0 Å². The maximum atomic E-state index is 12.4. The van der Waals surface area contributed by atoms with Gasteiger partial charge in [0.2, 0.25) is 10.0 Å². The summed E-state index contributed by atoms with van der Waals surface area (Å²) in [6.07, 6.45) is 0.767. The van der Waals surface area contributed by atoms with Crippen molar-refractivity contribution in [3.8, 4) is 0 Å². The molecular formula is C18H22Cl2N2O2S. The summed E-state index contributed by atoms with van der Waals surface area (Å²) < 4.78 is 27.4. The first-order chi connectivity index (χ1) is 11.8. The highest BCUT2D eigenvalue weighted by molar-refractivity contribution is 7.88. The number of rotatable bonds is 8. The standard InChI is InChI=1S/C18H22Cl2N2O2S/c1-22(2)16(10-14-6-4-3-5-7-14)12-21-25(23,24)13-15-8-9-17(19)18(20)11-15/h3-9,11,16,21H,10,12-13H2,1-2H3. The molecule has 2 rings (SSSR count). The summed E-state index contributed by atoms with van der Waals surface area (Å²) in [7, 11) is 0.427. The molecule has 1 atom stereocenters. The van der Waals surface area contributed by atoms with Crippen LogP contribution in [-0.4, -0.2) is 40.0 Å². The Labute approximate surface area is 159 Å². The van der Waals surface area contributed by atoms with E-state index in [4.69, 9.17) is 23.2 Å². The number of hydrogen-bond donors (Lipinski definition) is 1. The zero-order valence-corrected chi connectivity index (χ0v) is 16.6. The summed E-state index contributed by atoms with van der Waals surface area (Å²) in [4.78, 5) is 2.02. The van der Waals surface area contributed by atoms with Gasteiger partial charge in [-0.2, -0.15) is 0 Å². The molecule has 7 heteroatoms. The predicted molar refractivity (Wildman–Crippen MR) is 105 cm³/mol. The highest BCUT2D eigenvalue weighted by atomic mass is 35.5. The lowest BCUT2D eigenvalue weighted by atomic mass is 10.1. The minimum absolute atomic E-state index is 0.0611. The van der Waals surface area contributed by atoms with E-state index in [-0.39, 0.29) is 11.8 Å². The normalized spacial score (nSPS) is 13.2. The highest BCUT2D eigenvalue weighted by Crippen LogP contribution is 2.23. The Balaban J connectivity index is 1.99. The Morgan fingerprint density at radius 1 is 1.00 bits per heavy atom. The Bertz CT molecular complexity index is 796. The van der Waals surface area contributed by atoms with Crippen molar-refractivity contribution >= 4 is 33.2 Å². The van der Waals surface area contributed by atoms with Crippen molar-refractivity contribution in [1.82, 2.24) is 9.62 Å². The van der Waals surface area contributed by atoms with Crippen LogP contribution in [0.15, 0.2) is 48.5 Å². The number of hydrogen-bond acceptors (Lipinski definition) is 3. The minimum atomic E-state index is -3.46. The van der Waals surface area contributed by atoms with E-state index in [0.717, 1.165) is 6.42 Å². The van der Waals surface area contributed by atoms with Crippen molar-refractivity contribution in [2.45, 2.75) is 18.2 Å². The summed E-state index contributed by atoms with van der Waals surface area (Å²) in [5.74, 6) is -0.130. The van der Waals surface area contributed by atoms with Crippen molar-refractivity contribution in [3.05, 3.63) is 69.7 Å². The van der Waals surface area contributed by atoms with Gasteiger partial charge in [-0.3, -0.25) is 0 Å². The molecule has 0 radical (unpaired) electrons. The van der Waals surface area contributed by atoms with E-state index in [1.807, 2.05) is 49.3 Å². The van der Waals surface area contributed by atoms with Crippen LogP contribution in [0.2, 0.25) is 10.0 Å². The van der Waals surface area contributed by atoms with E-state index in [9.17, 15) is 8.42 Å². The fraction of sp³-hybridized carbons (Fsp3) is 0.333. The molecule has 0 aliphatic carbocycles. The lowest BCUT2D eigenvalue weighted by Gasteiger charge is -2.24. The van der Waals surface area contributed by atoms with Crippen molar-refractivity contribution in [2.24, 2.45) is 0 Å². The molecule has 0 saturated heterocycles. The average Bonchev–Trinajstić information content (AvgIpc) is 2.55. The molecule has 0 amide bonds. The molecule has 4 nitrogen and oxygen atoms in total. The number of nitrogens with one attached hydrogen (secondary N) is 1. The van der Waals surface area contributed by atoms with Crippen LogP contribution in [0, 0.1) is 0 Å². The maximum absolute atomic E-state index is 12.4. The molecule has 136 valence electrons. The zero-order chi connectivity index (χ0) is 18.4. The predicted octanol–water partition coefficient (Wildman–Crippen LogP) is 3.59. The van der Waals surface area contributed by atoms with E-state index in [1.54, 1.807) is 18.2 Å².